The smallest absolute Gasteiger partial charge is 0.261 e. The van der Waals surface area contributed by atoms with Gasteiger partial charge >= 0.3 is 0 Å². The van der Waals surface area contributed by atoms with E-state index in [4.69, 9.17) is 4.43 Å². The fourth-order valence-corrected chi connectivity index (χ4v) is 9.26. The van der Waals surface area contributed by atoms with Crippen LogP contribution in [0, 0.1) is 5.92 Å². The lowest BCUT2D eigenvalue weighted by atomic mass is 9.84. The van der Waals surface area contributed by atoms with Crippen LogP contribution in [-0.2, 0) is 4.43 Å². The van der Waals surface area contributed by atoms with Crippen LogP contribution >= 0.6 is 22.6 Å². The van der Waals surface area contributed by atoms with Crippen LogP contribution in [0.25, 0.3) is 0 Å². The normalized spacial score (nSPS) is 21.3. The number of hydrogen-bond donors (Lipinski definition) is 0. The van der Waals surface area contributed by atoms with E-state index in [0.29, 0.717) is 6.10 Å². The van der Waals surface area contributed by atoms with Crippen molar-refractivity contribution in [3.05, 3.63) is 60.7 Å². The molecule has 0 aromatic heterocycles. The second kappa shape index (κ2) is 7.30. The van der Waals surface area contributed by atoms with E-state index in [9.17, 15) is 0 Å². The average Bonchev–Trinajstić information content (AvgIpc) is 2.54. The molecule has 0 unspecified atom stereocenters. The fourth-order valence-electron chi connectivity index (χ4n) is 3.84. The summed E-state index contributed by atoms with van der Waals surface area (Å²) in [6.07, 6.45) is 2.84. The highest BCUT2D eigenvalue weighted by atomic mass is 127. The predicted molar refractivity (Wildman–Crippen MR) is 114 cm³/mol. The summed E-state index contributed by atoms with van der Waals surface area (Å²) in [4.78, 5) is 0. The fraction of sp³-hybridized carbons (Fsp3) is 0.429. The third-order valence-electron chi connectivity index (χ3n) is 5.17. The first-order valence-corrected chi connectivity index (χ1v) is 12.3. The zero-order valence-corrected chi connectivity index (χ0v) is 18.0. The lowest BCUT2D eigenvalue weighted by Gasteiger charge is -2.48. The average molecular weight is 450 g/mol. The quantitative estimate of drug-likeness (QED) is 0.362. The summed E-state index contributed by atoms with van der Waals surface area (Å²) < 4.78 is 8.33. The number of hydrogen-bond acceptors (Lipinski definition) is 1. The summed E-state index contributed by atoms with van der Waals surface area (Å²) in [5, 5.41) is 2.87. The molecular weight excluding hydrogens is 423 g/mol. The van der Waals surface area contributed by atoms with Crippen molar-refractivity contribution in [2.45, 2.75) is 44.8 Å². The van der Waals surface area contributed by atoms with Crippen LogP contribution < -0.4 is 10.4 Å². The molecule has 0 atom stereocenters. The van der Waals surface area contributed by atoms with Crippen LogP contribution in [0.5, 0.6) is 0 Å². The molecule has 0 aliphatic heterocycles. The number of halogens is 1. The van der Waals surface area contributed by atoms with Gasteiger partial charge in [0, 0.05) is 10.5 Å². The molecule has 0 N–H and O–H groups in total. The first kappa shape index (κ1) is 18.1. The van der Waals surface area contributed by atoms with E-state index in [2.05, 4.69) is 104 Å². The minimum absolute atomic E-state index is 0.0884. The third-order valence-corrected chi connectivity index (χ3v) is 11.5. The summed E-state index contributed by atoms with van der Waals surface area (Å²) in [6, 6.07) is 21.9. The molecule has 1 saturated carbocycles. The van der Waals surface area contributed by atoms with E-state index in [1.54, 1.807) is 0 Å². The van der Waals surface area contributed by atoms with Crippen molar-refractivity contribution in [2.75, 3.05) is 4.43 Å². The van der Waals surface area contributed by atoms with Crippen molar-refractivity contribution in [1.29, 1.82) is 0 Å². The lowest BCUT2D eigenvalue weighted by molar-refractivity contribution is 0.0680. The minimum atomic E-state index is -2.33. The van der Waals surface area contributed by atoms with Crippen LogP contribution in [0.2, 0.25) is 5.04 Å². The van der Waals surface area contributed by atoms with E-state index < -0.39 is 8.32 Å². The summed E-state index contributed by atoms with van der Waals surface area (Å²) in [7, 11) is -2.33. The maximum atomic E-state index is 7.08. The molecule has 0 radical (unpaired) electrons. The van der Waals surface area contributed by atoms with E-state index in [-0.39, 0.29) is 5.04 Å². The first-order chi connectivity index (χ1) is 11.5. The highest BCUT2D eigenvalue weighted by Crippen LogP contribution is 2.41. The van der Waals surface area contributed by atoms with E-state index in [1.807, 2.05) is 0 Å². The van der Waals surface area contributed by atoms with Crippen molar-refractivity contribution in [3.63, 3.8) is 0 Å². The highest BCUT2D eigenvalue weighted by Gasteiger charge is 2.52. The monoisotopic (exact) mass is 450 g/mol. The van der Waals surface area contributed by atoms with E-state index in [1.165, 1.54) is 27.6 Å². The van der Waals surface area contributed by atoms with Gasteiger partial charge in [-0.15, -0.1) is 0 Å². The SMILES string of the molecule is CC(C)(C)[Si](OC1CC(CI)C1)(c1ccccc1)c1ccccc1. The Bertz CT molecular complexity index is 605. The lowest BCUT2D eigenvalue weighted by Crippen LogP contribution is -2.68. The van der Waals surface area contributed by atoms with Gasteiger partial charge in [0.15, 0.2) is 0 Å². The molecule has 2 aromatic rings. The van der Waals surface area contributed by atoms with Crippen LogP contribution in [0.3, 0.4) is 0 Å². The molecule has 0 spiro atoms. The molecule has 1 aliphatic rings. The third kappa shape index (κ3) is 3.35. The van der Waals surface area contributed by atoms with Crippen molar-refractivity contribution < 1.29 is 4.43 Å². The van der Waals surface area contributed by atoms with Crippen molar-refractivity contribution in [2.24, 2.45) is 5.92 Å². The van der Waals surface area contributed by atoms with Gasteiger partial charge in [-0.05, 0) is 34.2 Å². The van der Waals surface area contributed by atoms with Gasteiger partial charge in [-0.1, -0.05) is 104 Å². The van der Waals surface area contributed by atoms with Gasteiger partial charge in [0.1, 0.15) is 0 Å². The Balaban J connectivity index is 2.08. The second-order valence-electron chi connectivity index (χ2n) is 7.89. The van der Waals surface area contributed by atoms with Gasteiger partial charge in [-0.2, -0.15) is 0 Å². The molecule has 1 nitrogen and oxygen atoms in total. The Hall–Kier alpha value is -0.653. The van der Waals surface area contributed by atoms with Crippen LogP contribution in [0.1, 0.15) is 33.6 Å². The Morgan fingerprint density at radius 3 is 1.75 bits per heavy atom. The van der Waals surface area contributed by atoms with Crippen molar-refractivity contribution in [3.8, 4) is 0 Å². The van der Waals surface area contributed by atoms with Crippen LogP contribution in [0.4, 0.5) is 0 Å². The summed E-state index contributed by atoms with van der Waals surface area (Å²) in [5.74, 6) is 0.841. The number of benzene rings is 2. The molecule has 0 amide bonds. The molecule has 24 heavy (non-hydrogen) atoms. The Morgan fingerprint density at radius 1 is 0.917 bits per heavy atom. The molecule has 0 saturated heterocycles. The molecule has 1 fully saturated rings. The van der Waals surface area contributed by atoms with Crippen molar-refractivity contribution >= 4 is 41.3 Å². The van der Waals surface area contributed by atoms with Gasteiger partial charge in [0.25, 0.3) is 8.32 Å². The molecule has 1 aliphatic carbocycles. The topological polar surface area (TPSA) is 9.23 Å². The number of rotatable bonds is 5. The van der Waals surface area contributed by atoms with E-state index >= 15 is 0 Å². The molecule has 3 rings (SSSR count). The molecule has 0 heterocycles. The van der Waals surface area contributed by atoms with Gasteiger partial charge in [-0.25, -0.2) is 0 Å². The minimum Gasteiger partial charge on any atom is -0.404 e. The highest BCUT2D eigenvalue weighted by molar-refractivity contribution is 14.1. The largest absolute Gasteiger partial charge is 0.404 e. The molecule has 0 bridgehead atoms. The molecule has 2 aromatic carbocycles. The first-order valence-electron chi connectivity index (χ1n) is 8.82. The molecule has 3 heteroatoms. The van der Waals surface area contributed by atoms with Gasteiger partial charge in [0.2, 0.25) is 0 Å². The zero-order chi connectivity index (χ0) is 17.2. The molecule has 128 valence electrons. The standard InChI is InChI=1S/C21H27IOSi/c1-21(2,3)24(19-10-6-4-7-11-19,20-12-8-5-9-13-20)23-18-14-17(15-18)16-22/h4-13,17-18H,14-16H2,1-3H3. The zero-order valence-electron chi connectivity index (χ0n) is 14.8. The maximum absolute atomic E-state index is 7.08. The Labute approximate surface area is 161 Å². The van der Waals surface area contributed by atoms with Gasteiger partial charge in [0.05, 0.1) is 0 Å². The Morgan fingerprint density at radius 2 is 1.38 bits per heavy atom. The maximum Gasteiger partial charge on any atom is 0.261 e. The second-order valence-corrected chi connectivity index (χ2v) is 13.0. The van der Waals surface area contributed by atoms with E-state index in [0.717, 1.165) is 5.92 Å². The molecular formula is C21H27IOSi. The summed E-state index contributed by atoms with van der Waals surface area (Å²) in [5.41, 5.74) is 0. The van der Waals surface area contributed by atoms with Crippen molar-refractivity contribution in [1.82, 2.24) is 0 Å². The summed E-state index contributed by atoms with van der Waals surface area (Å²) in [6.45, 7) is 7.06. The van der Waals surface area contributed by atoms with Crippen LogP contribution in [-0.4, -0.2) is 18.8 Å². The Kier molecular flexibility index (Phi) is 5.52. The van der Waals surface area contributed by atoms with Gasteiger partial charge in [-0.3, -0.25) is 0 Å². The predicted octanol–water partition coefficient (Wildman–Crippen LogP) is 4.78. The van der Waals surface area contributed by atoms with Crippen LogP contribution in [0.15, 0.2) is 60.7 Å². The summed E-state index contributed by atoms with van der Waals surface area (Å²) >= 11 is 2.51. The number of alkyl halides is 1. The van der Waals surface area contributed by atoms with Gasteiger partial charge < -0.3 is 4.43 Å².